The molecule has 2 aromatic heterocycles. The van der Waals surface area contributed by atoms with Gasteiger partial charge in [-0.2, -0.15) is 5.21 Å². The molecule has 0 aliphatic carbocycles. The standard InChI is InChI=1S/C6H8N4/c1-4-3-10-6(5(4)2)7-8-9-10/h3H,1-2H3,(H,7,9). The van der Waals surface area contributed by atoms with Gasteiger partial charge in [0, 0.05) is 11.8 Å². The smallest absolute Gasteiger partial charge is 0.180 e. The highest BCUT2D eigenvalue weighted by Gasteiger charge is 2.03. The lowest BCUT2D eigenvalue weighted by Gasteiger charge is -1.81. The van der Waals surface area contributed by atoms with Crippen LogP contribution >= 0.6 is 0 Å². The van der Waals surface area contributed by atoms with Crippen molar-refractivity contribution in [3.05, 3.63) is 17.3 Å². The molecule has 0 aliphatic heterocycles. The summed E-state index contributed by atoms with van der Waals surface area (Å²) in [4.78, 5) is 0. The lowest BCUT2D eigenvalue weighted by atomic mass is 10.2. The van der Waals surface area contributed by atoms with Gasteiger partial charge in [-0.3, -0.25) is 0 Å². The molecule has 0 aliphatic rings. The van der Waals surface area contributed by atoms with Crippen molar-refractivity contribution in [1.29, 1.82) is 0 Å². The molecule has 4 nitrogen and oxygen atoms in total. The minimum absolute atomic E-state index is 0.914. The van der Waals surface area contributed by atoms with Crippen molar-refractivity contribution in [2.24, 2.45) is 0 Å². The Morgan fingerprint density at radius 2 is 2.30 bits per heavy atom. The van der Waals surface area contributed by atoms with Crippen LogP contribution in [-0.2, 0) is 0 Å². The van der Waals surface area contributed by atoms with Crippen LogP contribution in [0.15, 0.2) is 6.20 Å². The maximum Gasteiger partial charge on any atom is 0.180 e. The third-order valence-corrected chi connectivity index (χ3v) is 1.78. The third-order valence-electron chi connectivity index (χ3n) is 1.78. The van der Waals surface area contributed by atoms with E-state index in [4.69, 9.17) is 0 Å². The van der Waals surface area contributed by atoms with Gasteiger partial charge in [0.1, 0.15) is 0 Å². The number of rotatable bonds is 0. The first-order chi connectivity index (χ1) is 4.79. The van der Waals surface area contributed by atoms with Crippen LogP contribution in [0, 0.1) is 13.8 Å². The van der Waals surface area contributed by atoms with Crippen LogP contribution < -0.4 is 0 Å². The molecule has 0 unspecified atom stereocenters. The Morgan fingerprint density at radius 3 is 3.00 bits per heavy atom. The van der Waals surface area contributed by atoms with Crippen molar-refractivity contribution >= 4 is 5.65 Å². The minimum atomic E-state index is 0.914. The number of aromatic amines is 1. The SMILES string of the molecule is Cc1cn2[nH]nnc2c1C. The molecule has 1 N–H and O–H groups in total. The molecule has 4 heteroatoms. The van der Waals surface area contributed by atoms with E-state index in [-0.39, 0.29) is 0 Å². The maximum atomic E-state index is 3.90. The summed E-state index contributed by atoms with van der Waals surface area (Å²) in [5.74, 6) is 0. The predicted molar refractivity (Wildman–Crippen MR) is 36.8 cm³/mol. The summed E-state index contributed by atoms with van der Waals surface area (Å²) < 4.78 is 1.81. The number of nitrogens with one attached hydrogen (secondary N) is 1. The fourth-order valence-electron chi connectivity index (χ4n) is 1.03. The summed E-state index contributed by atoms with van der Waals surface area (Å²) >= 11 is 0. The van der Waals surface area contributed by atoms with Crippen LogP contribution in [0.4, 0.5) is 0 Å². The second-order valence-electron chi connectivity index (χ2n) is 2.43. The van der Waals surface area contributed by atoms with Gasteiger partial charge in [0.15, 0.2) is 5.65 Å². The molecular weight excluding hydrogens is 128 g/mol. The van der Waals surface area contributed by atoms with Gasteiger partial charge in [-0.15, -0.1) is 5.10 Å². The fourth-order valence-corrected chi connectivity index (χ4v) is 1.03. The predicted octanol–water partition coefficient (Wildman–Crippen LogP) is 0.674. The van der Waals surface area contributed by atoms with Gasteiger partial charge < -0.3 is 0 Å². The van der Waals surface area contributed by atoms with Crippen molar-refractivity contribution in [2.75, 3.05) is 0 Å². The number of hydrogen-bond donors (Lipinski definition) is 1. The molecule has 0 spiro atoms. The molecule has 2 heterocycles. The Morgan fingerprint density at radius 1 is 1.50 bits per heavy atom. The zero-order valence-electron chi connectivity index (χ0n) is 5.92. The van der Waals surface area contributed by atoms with E-state index in [9.17, 15) is 0 Å². The monoisotopic (exact) mass is 136 g/mol. The second kappa shape index (κ2) is 1.59. The maximum absolute atomic E-state index is 3.90. The fraction of sp³-hybridized carbons (Fsp3) is 0.333. The van der Waals surface area contributed by atoms with Gasteiger partial charge in [-0.05, 0) is 19.4 Å². The van der Waals surface area contributed by atoms with Gasteiger partial charge in [0.05, 0.1) is 0 Å². The van der Waals surface area contributed by atoms with E-state index in [2.05, 4.69) is 22.4 Å². The van der Waals surface area contributed by atoms with E-state index in [1.807, 2.05) is 17.6 Å². The summed E-state index contributed by atoms with van der Waals surface area (Å²) in [7, 11) is 0. The third kappa shape index (κ3) is 0.504. The van der Waals surface area contributed by atoms with E-state index >= 15 is 0 Å². The summed E-state index contributed by atoms with van der Waals surface area (Å²) in [6.45, 7) is 4.09. The number of tetrazole rings is 1. The quantitative estimate of drug-likeness (QED) is 0.578. The molecule has 0 bridgehead atoms. The number of fused-ring (bicyclic) bond motifs is 1. The Balaban J connectivity index is 2.95. The minimum Gasteiger partial charge on any atom is -0.226 e. The van der Waals surface area contributed by atoms with Gasteiger partial charge in [0.25, 0.3) is 0 Å². The first-order valence-electron chi connectivity index (χ1n) is 3.14. The second-order valence-corrected chi connectivity index (χ2v) is 2.43. The molecule has 0 saturated heterocycles. The zero-order valence-corrected chi connectivity index (χ0v) is 5.92. The zero-order chi connectivity index (χ0) is 7.14. The van der Waals surface area contributed by atoms with Crippen LogP contribution in [-0.4, -0.2) is 20.0 Å². The van der Waals surface area contributed by atoms with Crippen molar-refractivity contribution in [3.8, 4) is 0 Å². The summed E-state index contributed by atoms with van der Waals surface area (Å²) in [6.07, 6.45) is 1.98. The highest BCUT2D eigenvalue weighted by molar-refractivity contribution is 5.49. The number of aromatic nitrogens is 4. The number of aryl methyl sites for hydroxylation is 2. The van der Waals surface area contributed by atoms with Gasteiger partial charge in [0.2, 0.25) is 0 Å². The summed E-state index contributed by atoms with van der Waals surface area (Å²) in [5.41, 5.74) is 3.34. The Labute approximate surface area is 57.8 Å². The molecule has 2 aromatic rings. The van der Waals surface area contributed by atoms with E-state index < -0.39 is 0 Å². The topological polar surface area (TPSA) is 46.0 Å². The molecule has 0 amide bonds. The van der Waals surface area contributed by atoms with E-state index in [0.29, 0.717) is 0 Å². The molecule has 52 valence electrons. The van der Waals surface area contributed by atoms with Crippen molar-refractivity contribution in [3.63, 3.8) is 0 Å². The number of nitrogens with zero attached hydrogens (tertiary/aromatic N) is 3. The highest BCUT2D eigenvalue weighted by atomic mass is 15.5. The first-order valence-corrected chi connectivity index (χ1v) is 3.14. The largest absolute Gasteiger partial charge is 0.226 e. The summed E-state index contributed by atoms with van der Waals surface area (Å²) in [6, 6.07) is 0. The average Bonchev–Trinajstić information content (AvgIpc) is 2.41. The van der Waals surface area contributed by atoms with Crippen LogP contribution in [0.1, 0.15) is 11.1 Å². The lowest BCUT2D eigenvalue weighted by molar-refractivity contribution is 0.824. The molecule has 2 rings (SSSR count). The van der Waals surface area contributed by atoms with Crippen LogP contribution in [0.2, 0.25) is 0 Å². The first kappa shape index (κ1) is 5.46. The normalized spacial score (nSPS) is 11.0. The van der Waals surface area contributed by atoms with Gasteiger partial charge in [-0.25, -0.2) is 4.52 Å². The van der Waals surface area contributed by atoms with Crippen LogP contribution in [0.25, 0.3) is 5.65 Å². The van der Waals surface area contributed by atoms with Crippen molar-refractivity contribution < 1.29 is 0 Å². The van der Waals surface area contributed by atoms with E-state index in [1.54, 1.807) is 0 Å². The molecular formula is C6H8N4. The molecule has 0 aromatic carbocycles. The molecule has 10 heavy (non-hydrogen) atoms. The Bertz CT molecular complexity index is 357. The van der Waals surface area contributed by atoms with E-state index in [0.717, 1.165) is 5.65 Å². The molecule has 0 atom stereocenters. The molecule has 0 radical (unpaired) electrons. The lowest BCUT2D eigenvalue weighted by Crippen LogP contribution is -1.78. The highest BCUT2D eigenvalue weighted by Crippen LogP contribution is 2.11. The van der Waals surface area contributed by atoms with Gasteiger partial charge >= 0.3 is 0 Å². The summed E-state index contributed by atoms with van der Waals surface area (Å²) in [5, 5.41) is 10.3. The number of H-pyrrole nitrogens is 1. The van der Waals surface area contributed by atoms with Crippen LogP contribution in [0.5, 0.6) is 0 Å². The average molecular weight is 136 g/mol. The Kier molecular flexibility index (Phi) is 0.869. The van der Waals surface area contributed by atoms with Crippen molar-refractivity contribution in [1.82, 2.24) is 20.0 Å². The number of hydrogen-bond acceptors (Lipinski definition) is 2. The van der Waals surface area contributed by atoms with Crippen molar-refractivity contribution in [2.45, 2.75) is 13.8 Å². The Hall–Kier alpha value is -1.32. The van der Waals surface area contributed by atoms with E-state index in [1.165, 1.54) is 11.1 Å². The molecule has 0 fully saturated rings. The van der Waals surface area contributed by atoms with Crippen LogP contribution in [0.3, 0.4) is 0 Å². The molecule has 0 saturated carbocycles. The van der Waals surface area contributed by atoms with Gasteiger partial charge in [-0.1, -0.05) is 5.21 Å².